The zero-order valence-corrected chi connectivity index (χ0v) is 16.6. The lowest BCUT2D eigenvalue weighted by molar-refractivity contribution is 0.102. The van der Waals surface area contributed by atoms with E-state index in [1.54, 1.807) is 0 Å². The normalized spacial score (nSPS) is 13.3. The van der Waals surface area contributed by atoms with Gasteiger partial charge in [-0.05, 0) is 61.0 Å². The first kappa shape index (κ1) is 18.4. The minimum absolute atomic E-state index is 0.254. The number of hydrogen-bond donors (Lipinski definition) is 1. The van der Waals surface area contributed by atoms with Crippen molar-refractivity contribution >= 4 is 28.3 Å². The Bertz CT molecular complexity index is 1250. The van der Waals surface area contributed by atoms with E-state index in [2.05, 4.69) is 26.9 Å². The number of amides is 1. The molecule has 1 amide bonds. The van der Waals surface area contributed by atoms with Gasteiger partial charge in [0.25, 0.3) is 5.91 Å². The fourth-order valence-electron chi connectivity index (χ4n) is 3.92. The molecule has 0 fully saturated rings. The van der Waals surface area contributed by atoms with E-state index in [0.29, 0.717) is 12.1 Å². The number of anilines is 2. The molecule has 30 heavy (non-hydrogen) atoms. The van der Waals surface area contributed by atoms with Gasteiger partial charge in [0.2, 0.25) is 0 Å². The molecule has 5 rings (SSSR count). The van der Waals surface area contributed by atoms with Gasteiger partial charge in [-0.3, -0.25) is 4.79 Å². The van der Waals surface area contributed by atoms with Crippen molar-refractivity contribution in [2.24, 2.45) is 0 Å². The molecular weight excluding hydrogens is 379 g/mol. The number of imidazole rings is 1. The summed E-state index contributed by atoms with van der Waals surface area (Å²) in [6.07, 6.45) is 0. The van der Waals surface area contributed by atoms with Crippen molar-refractivity contribution in [3.8, 4) is 0 Å². The molecule has 0 saturated heterocycles. The Morgan fingerprint density at radius 3 is 2.67 bits per heavy atom. The van der Waals surface area contributed by atoms with Crippen LogP contribution < -0.4 is 10.2 Å². The average Bonchev–Trinajstić information content (AvgIpc) is 3.13. The van der Waals surface area contributed by atoms with Crippen LogP contribution in [0.2, 0.25) is 0 Å². The zero-order valence-electron chi connectivity index (χ0n) is 16.6. The van der Waals surface area contributed by atoms with E-state index in [1.165, 1.54) is 29.8 Å². The number of rotatable bonds is 3. The van der Waals surface area contributed by atoms with Gasteiger partial charge in [0.05, 0.1) is 17.6 Å². The van der Waals surface area contributed by atoms with Gasteiger partial charge in [0.1, 0.15) is 11.6 Å². The fourth-order valence-corrected chi connectivity index (χ4v) is 3.92. The summed E-state index contributed by atoms with van der Waals surface area (Å²) in [5.41, 5.74) is 5.37. The van der Waals surface area contributed by atoms with Gasteiger partial charge in [-0.15, -0.1) is 0 Å². The van der Waals surface area contributed by atoms with Crippen LogP contribution in [0.25, 0.3) is 11.0 Å². The smallest absolute Gasteiger partial charge is 0.255 e. The summed E-state index contributed by atoms with van der Waals surface area (Å²) in [4.78, 5) is 19.6. The number of fused-ring (bicyclic) bond motifs is 3. The molecule has 0 atom stereocenters. The minimum atomic E-state index is -0.360. The number of para-hydroxylation sites is 2. The average molecular weight is 400 g/mol. The van der Waals surface area contributed by atoms with Gasteiger partial charge in [-0.25, -0.2) is 9.37 Å². The molecule has 3 aromatic carbocycles. The second-order valence-electron chi connectivity index (χ2n) is 7.55. The molecule has 0 bridgehead atoms. The monoisotopic (exact) mass is 400 g/mol. The number of aromatic nitrogens is 2. The van der Waals surface area contributed by atoms with Crippen molar-refractivity contribution in [3.63, 3.8) is 0 Å². The van der Waals surface area contributed by atoms with Crippen LogP contribution >= 0.6 is 0 Å². The third-order valence-electron chi connectivity index (χ3n) is 5.60. The van der Waals surface area contributed by atoms with Crippen molar-refractivity contribution in [2.75, 3.05) is 16.8 Å². The van der Waals surface area contributed by atoms with Crippen LogP contribution in [0, 0.1) is 12.7 Å². The highest BCUT2D eigenvalue weighted by Gasteiger charge is 2.21. The van der Waals surface area contributed by atoms with E-state index >= 15 is 0 Å². The van der Waals surface area contributed by atoms with Crippen molar-refractivity contribution in [3.05, 3.63) is 89.5 Å². The maximum absolute atomic E-state index is 13.1. The second-order valence-corrected chi connectivity index (χ2v) is 7.55. The molecule has 1 aliphatic rings. The molecule has 1 N–H and O–H groups in total. The van der Waals surface area contributed by atoms with Crippen molar-refractivity contribution in [1.29, 1.82) is 0 Å². The quantitative estimate of drug-likeness (QED) is 0.540. The van der Waals surface area contributed by atoms with Crippen LogP contribution in [0.1, 0.15) is 21.7 Å². The minimum Gasteiger partial charge on any atom is -0.362 e. The SMILES string of the molecule is Cc1ccc(N2CCn3c(nc4ccccc43)C2)cc1NC(=O)c1ccc(F)cc1. The summed E-state index contributed by atoms with van der Waals surface area (Å²) in [7, 11) is 0. The molecule has 4 aromatic rings. The van der Waals surface area contributed by atoms with Crippen molar-refractivity contribution in [1.82, 2.24) is 9.55 Å². The van der Waals surface area contributed by atoms with E-state index in [1.807, 2.05) is 37.3 Å². The van der Waals surface area contributed by atoms with E-state index in [-0.39, 0.29) is 11.7 Å². The van der Waals surface area contributed by atoms with Crippen LogP contribution in [0.15, 0.2) is 66.7 Å². The van der Waals surface area contributed by atoms with E-state index < -0.39 is 0 Å². The number of halogens is 1. The van der Waals surface area contributed by atoms with Crippen LogP contribution in [0.5, 0.6) is 0 Å². The second kappa shape index (κ2) is 7.30. The summed E-state index contributed by atoms with van der Waals surface area (Å²) >= 11 is 0. The number of hydrogen-bond acceptors (Lipinski definition) is 3. The predicted molar refractivity (Wildman–Crippen MR) is 116 cm³/mol. The lowest BCUT2D eigenvalue weighted by Crippen LogP contribution is -2.33. The molecule has 5 nitrogen and oxygen atoms in total. The first-order valence-corrected chi connectivity index (χ1v) is 9.95. The first-order valence-electron chi connectivity index (χ1n) is 9.95. The molecule has 0 saturated carbocycles. The highest BCUT2D eigenvalue weighted by molar-refractivity contribution is 6.04. The van der Waals surface area contributed by atoms with Crippen LogP contribution in [0.4, 0.5) is 15.8 Å². The standard InChI is InChI=1S/C24H21FN4O/c1-16-6-11-19(14-21(16)27-24(30)17-7-9-18(25)10-8-17)28-12-13-29-22-5-3-2-4-20(22)26-23(29)15-28/h2-11,14H,12-13,15H2,1H3,(H,27,30). The van der Waals surface area contributed by atoms with Crippen LogP contribution in [-0.2, 0) is 13.1 Å². The summed E-state index contributed by atoms with van der Waals surface area (Å²) in [5.74, 6) is 0.427. The van der Waals surface area contributed by atoms with E-state index in [4.69, 9.17) is 4.98 Å². The van der Waals surface area contributed by atoms with Gasteiger partial charge in [-0.2, -0.15) is 0 Å². The van der Waals surface area contributed by atoms with Gasteiger partial charge < -0.3 is 14.8 Å². The number of benzene rings is 3. The Morgan fingerprint density at radius 1 is 1.03 bits per heavy atom. The molecular formula is C24H21FN4O. The highest BCUT2D eigenvalue weighted by atomic mass is 19.1. The summed E-state index contributed by atoms with van der Waals surface area (Å²) < 4.78 is 15.4. The topological polar surface area (TPSA) is 50.2 Å². The third-order valence-corrected chi connectivity index (χ3v) is 5.60. The summed E-state index contributed by atoms with van der Waals surface area (Å²) in [6, 6.07) is 19.8. The lowest BCUT2D eigenvalue weighted by atomic mass is 10.1. The lowest BCUT2D eigenvalue weighted by Gasteiger charge is -2.30. The molecule has 2 heterocycles. The Balaban J connectivity index is 1.39. The summed E-state index contributed by atoms with van der Waals surface area (Å²) in [6.45, 7) is 4.39. The highest BCUT2D eigenvalue weighted by Crippen LogP contribution is 2.28. The third kappa shape index (κ3) is 3.30. The molecule has 6 heteroatoms. The van der Waals surface area contributed by atoms with Crippen molar-refractivity contribution < 1.29 is 9.18 Å². The number of nitrogens with zero attached hydrogens (tertiary/aromatic N) is 3. The molecule has 0 spiro atoms. The molecule has 0 unspecified atom stereocenters. The van der Waals surface area contributed by atoms with Crippen molar-refractivity contribution in [2.45, 2.75) is 20.0 Å². The van der Waals surface area contributed by atoms with E-state index in [9.17, 15) is 9.18 Å². The Morgan fingerprint density at radius 2 is 1.83 bits per heavy atom. The summed E-state index contributed by atoms with van der Waals surface area (Å²) in [5, 5.41) is 2.96. The fraction of sp³-hybridized carbons (Fsp3) is 0.167. The van der Waals surface area contributed by atoms with E-state index in [0.717, 1.165) is 41.4 Å². The van der Waals surface area contributed by atoms with Crippen LogP contribution in [0.3, 0.4) is 0 Å². The molecule has 0 radical (unpaired) electrons. The Kier molecular flexibility index (Phi) is 4.47. The Labute approximate surface area is 173 Å². The number of aryl methyl sites for hydroxylation is 1. The maximum Gasteiger partial charge on any atom is 0.255 e. The zero-order chi connectivity index (χ0) is 20.7. The predicted octanol–water partition coefficient (Wildman–Crippen LogP) is 4.76. The maximum atomic E-state index is 13.1. The number of carbonyl (C=O) groups is 1. The molecule has 1 aromatic heterocycles. The molecule has 150 valence electrons. The van der Waals surface area contributed by atoms with Gasteiger partial charge >= 0.3 is 0 Å². The van der Waals surface area contributed by atoms with Gasteiger partial charge in [-0.1, -0.05) is 18.2 Å². The van der Waals surface area contributed by atoms with Gasteiger partial charge in [0.15, 0.2) is 0 Å². The molecule has 0 aliphatic carbocycles. The van der Waals surface area contributed by atoms with Gasteiger partial charge in [0, 0.05) is 30.0 Å². The number of carbonyl (C=O) groups excluding carboxylic acids is 1. The number of nitrogens with one attached hydrogen (secondary N) is 1. The largest absolute Gasteiger partial charge is 0.362 e. The first-order chi connectivity index (χ1) is 14.6. The molecule has 1 aliphatic heterocycles. The van der Waals surface area contributed by atoms with Crippen LogP contribution in [-0.4, -0.2) is 22.0 Å². The Hall–Kier alpha value is -3.67.